The van der Waals surface area contributed by atoms with Gasteiger partial charge in [-0.25, -0.2) is 9.89 Å². The van der Waals surface area contributed by atoms with E-state index in [1.807, 2.05) is 30.3 Å². The standard InChI is InChI=1S/C20H22N4O4S/c1-27-16-9-8-15(12-17(16)28-2)21-18(25)13-29-20-23-22-19(26)24(20)11-10-14-6-4-3-5-7-14/h3-9,12H,10-11,13H2,1-2H3,(H,21,25)(H,22,26). The van der Waals surface area contributed by atoms with E-state index in [0.29, 0.717) is 35.3 Å². The SMILES string of the molecule is COc1ccc(NC(=O)CSc2n[nH]c(=O)n2CCc2ccccc2)cc1OC. The van der Waals surface area contributed by atoms with Gasteiger partial charge in [-0.1, -0.05) is 42.1 Å². The number of benzene rings is 2. The van der Waals surface area contributed by atoms with Crippen LogP contribution in [0.2, 0.25) is 0 Å². The van der Waals surface area contributed by atoms with Crippen LogP contribution in [0.15, 0.2) is 58.5 Å². The van der Waals surface area contributed by atoms with Crippen LogP contribution in [-0.2, 0) is 17.8 Å². The van der Waals surface area contributed by atoms with Crippen molar-refractivity contribution in [3.63, 3.8) is 0 Å². The number of rotatable bonds is 9. The van der Waals surface area contributed by atoms with Gasteiger partial charge >= 0.3 is 5.69 Å². The summed E-state index contributed by atoms with van der Waals surface area (Å²) in [5, 5.41) is 9.76. The Kier molecular flexibility index (Phi) is 6.96. The molecule has 0 bridgehead atoms. The maximum atomic E-state index is 12.3. The number of carbonyl (C=O) groups excluding carboxylic acids is 1. The number of hydrogen-bond donors (Lipinski definition) is 2. The van der Waals surface area contributed by atoms with Crippen molar-refractivity contribution in [1.29, 1.82) is 0 Å². The van der Waals surface area contributed by atoms with Crippen molar-refractivity contribution in [1.82, 2.24) is 14.8 Å². The molecule has 1 amide bonds. The van der Waals surface area contributed by atoms with E-state index in [4.69, 9.17) is 9.47 Å². The second kappa shape index (κ2) is 9.83. The van der Waals surface area contributed by atoms with Crippen molar-refractivity contribution >= 4 is 23.4 Å². The molecular formula is C20H22N4O4S. The molecule has 3 aromatic rings. The summed E-state index contributed by atoms with van der Waals surface area (Å²) in [6.07, 6.45) is 0.700. The Morgan fingerprint density at radius 3 is 2.62 bits per heavy atom. The molecule has 152 valence electrons. The highest BCUT2D eigenvalue weighted by molar-refractivity contribution is 7.99. The lowest BCUT2D eigenvalue weighted by Gasteiger charge is -2.10. The average molecular weight is 414 g/mol. The van der Waals surface area contributed by atoms with Crippen LogP contribution in [0.4, 0.5) is 5.69 Å². The van der Waals surface area contributed by atoms with Crippen LogP contribution in [0.25, 0.3) is 0 Å². The first-order valence-corrected chi connectivity index (χ1v) is 9.93. The highest BCUT2D eigenvalue weighted by Gasteiger charge is 2.13. The molecule has 8 nitrogen and oxygen atoms in total. The molecular weight excluding hydrogens is 392 g/mol. The fourth-order valence-corrected chi connectivity index (χ4v) is 3.51. The van der Waals surface area contributed by atoms with Gasteiger partial charge in [-0.3, -0.25) is 9.36 Å². The van der Waals surface area contributed by atoms with Crippen LogP contribution in [0, 0.1) is 0 Å². The van der Waals surface area contributed by atoms with E-state index in [9.17, 15) is 9.59 Å². The van der Waals surface area contributed by atoms with Gasteiger partial charge in [0.15, 0.2) is 16.7 Å². The van der Waals surface area contributed by atoms with E-state index < -0.39 is 0 Å². The Hall–Kier alpha value is -3.20. The number of aryl methyl sites for hydroxylation is 1. The van der Waals surface area contributed by atoms with E-state index in [2.05, 4.69) is 15.5 Å². The zero-order valence-corrected chi connectivity index (χ0v) is 17.0. The maximum absolute atomic E-state index is 12.3. The summed E-state index contributed by atoms with van der Waals surface area (Å²) < 4.78 is 12.0. The first kappa shape index (κ1) is 20.5. The van der Waals surface area contributed by atoms with Crippen LogP contribution in [0.1, 0.15) is 5.56 Å². The normalized spacial score (nSPS) is 10.6. The summed E-state index contributed by atoms with van der Waals surface area (Å²) in [7, 11) is 3.08. The lowest BCUT2D eigenvalue weighted by atomic mass is 10.1. The molecule has 0 aliphatic carbocycles. The molecule has 3 rings (SSSR count). The third-order valence-corrected chi connectivity index (χ3v) is 5.17. The molecule has 0 unspecified atom stereocenters. The third-order valence-electron chi connectivity index (χ3n) is 4.19. The van der Waals surface area contributed by atoms with Crippen LogP contribution in [-0.4, -0.2) is 40.6 Å². The molecule has 0 saturated heterocycles. The van der Waals surface area contributed by atoms with Crippen molar-refractivity contribution in [2.45, 2.75) is 18.1 Å². The van der Waals surface area contributed by atoms with E-state index in [0.717, 1.165) is 5.56 Å². The number of nitrogens with zero attached hydrogens (tertiary/aromatic N) is 2. The number of anilines is 1. The zero-order chi connectivity index (χ0) is 20.6. The number of amides is 1. The van der Waals surface area contributed by atoms with Gasteiger partial charge in [0.1, 0.15) is 0 Å². The van der Waals surface area contributed by atoms with E-state index in [1.165, 1.54) is 18.9 Å². The largest absolute Gasteiger partial charge is 0.493 e. The highest BCUT2D eigenvalue weighted by atomic mass is 32.2. The fourth-order valence-electron chi connectivity index (χ4n) is 2.74. The number of aromatic amines is 1. The molecule has 0 spiro atoms. The minimum atomic E-state index is -0.288. The van der Waals surface area contributed by atoms with Crippen molar-refractivity contribution in [3.8, 4) is 11.5 Å². The molecule has 0 radical (unpaired) electrons. The summed E-state index contributed by atoms with van der Waals surface area (Å²) >= 11 is 1.20. The summed E-state index contributed by atoms with van der Waals surface area (Å²) in [6.45, 7) is 0.485. The number of ether oxygens (including phenoxy) is 2. The van der Waals surface area contributed by atoms with Gasteiger partial charge < -0.3 is 14.8 Å². The number of nitrogens with one attached hydrogen (secondary N) is 2. The summed E-state index contributed by atoms with van der Waals surface area (Å²) in [6, 6.07) is 15.0. The monoisotopic (exact) mass is 414 g/mol. The molecule has 29 heavy (non-hydrogen) atoms. The maximum Gasteiger partial charge on any atom is 0.343 e. The lowest BCUT2D eigenvalue weighted by molar-refractivity contribution is -0.113. The number of thioether (sulfide) groups is 1. The van der Waals surface area contributed by atoms with Gasteiger partial charge in [0.25, 0.3) is 0 Å². The molecule has 2 aromatic carbocycles. The van der Waals surface area contributed by atoms with Crippen LogP contribution < -0.4 is 20.5 Å². The molecule has 9 heteroatoms. The second-order valence-corrected chi connectivity index (χ2v) is 7.05. The molecule has 1 heterocycles. The quantitative estimate of drug-likeness (QED) is 0.522. The number of methoxy groups -OCH3 is 2. The van der Waals surface area contributed by atoms with E-state index >= 15 is 0 Å². The van der Waals surface area contributed by atoms with Gasteiger partial charge in [0, 0.05) is 18.3 Å². The second-order valence-electron chi connectivity index (χ2n) is 6.11. The van der Waals surface area contributed by atoms with Gasteiger partial charge in [-0.2, -0.15) is 0 Å². The van der Waals surface area contributed by atoms with Crippen molar-refractivity contribution in [2.24, 2.45) is 0 Å². The smallest absolute Gasteiger partial charge is 0.343 e. The minimum absolute atomic E-state index is 0.115. The predicted octanol–water partition coefficient (Wildman–Crippen LogP) is 2.56. The Morgan fingerprint density at radius 1 is 1.14 bits per heavy atom. The first-order chi connectivity index (χ1) is 14.1. The Bertz CT molecular complexity index is 1020. The Morgan fingerprint density at radius 2 is 1.90 bits per heavy atom. The summed E-state index contributed by atoms with van der Waals surface area (Å²) in [4.78, 5) is 24.3. The lowest BCUT2D eigenvalue weighted by Crippen LogP contribution is -2.20. The number of aromatic nitrogens is 3. The summed E-state index contributed by atoms with van der Waals surface area (Å²) in [5.41, 5.74) is 1.43. The average Bonchev–Trinajstić information content (AvgIpc) is 3.10. The van der Waals surface area contributed by atoms with Gasteiger partial charge in [-0.15, -0.1) is 5.10 Å². The fraction of sp³-hybridized carbons (Fsp3) is 0.250. The first-order valence-electron chi connectivity index (χ1n) is 8.94. The molecule has 2 N–H and O–H groups in total. The topological polar surface area (TPSA) is 98.2 Å². The minimum Gasteiger partial charge on any atom is -0.493 e. The van der Waals surface area contributed by atoms with Crippen molar-refractivity contribution in [3.05, 3.63) is 64.6 Å². The molecule has 0 aliphatic heterocycles. The Labute approximate surface area is 172 Å². The molecule has 0 saturated carbocycles. The summed E-state index contributed by atoms with van der Waals surface area (Å²) in [5.74, 6) is 1.01. The van der Waals surface area contributed by atoms with E-state index in [1.54, 1.807) is 29.9 Å². The Balaban J connectivity index is 1.58. The molecule has 0 aliphatic rings. The third kappa shape index (κ3) is 5.41. The van der Waals surface area contributed by atoms with Crippen LogP contribution in [0.3, 0.4) is 0 Å². The number of H-pyrrole nitrogens is 1. The molecule has 0 atom stereocenters. The van der Waals surface area contributed by atoms with Gasteiger partial charge in [-0.05, 0) is 24.1 Å². The number of carbonyl (C=O) groups is 1. The van der Waals surface area contributed by atoms with Crippen LogP contribution >= 0.6 is 11.8 Å². The molecule has 0 fully saturated rings. The van der Waals surface area contributed by atoms with Gasteiger partial charge in [0.05, 0.1) is 20.0 Å². The molecule has 1 aromatic heterocycles. The highest BCUT2D eigenvalue weighted by Crippen LogP contribution is 2.29. The van der Waals surface area contributed by atoms with Gasteiger partial charge in [0.2, 0.25) is 5.91 Å². The van der Waals surface area contributed by atoms with Crippen LogP contribution in [0.5, 0.6) is 11.5 Å². The van der Waals surface area contributed by atoms with Crippen molar-refractivity contribution in [2.75, 3.05) is 25.3 Å². The van der Waals surface area contributed by atoms with E-state index in [-0.39, 0.29) is 17.3 Å². The number of hydrogen-bond acceptors (Lipinski definition) is 6. The van der Waals surface area contributed by atoms with Crippen molar-refractivity contribution < 1.29 is 14.3 Å². The zero-order valence-electron chi connectivity index (χ0n) is 16.2. The predicted molar refractivity (Wildman–Crippen MR) is 112 cm³/mol.